The Labute approximate surface area is 121 Å². The van der Waals surface area contributed by atoms with Crippen LogP contribution in [-0.2, 0) is 16.0 Å². The van der Waals surface area contributed by atoms with Gasteiger partial charge in [-0.3, -0.25) is 4.79 Å². The molecule has 1 aliphatic rings. The van der Waals surface area contributed by atoms with Crippen molar-refractivity contribution in [2.24, 2.45) is 11.8 Å². The second kappa shape index (κ2) is 6.40. The van der Waals surface area contributed by atoms with E-state index in [1.165, 1.54) is 5.56 Å². The number of carbonyl (C=O) groups is 1. The fourth-order valence-electron chi connectivity index (χ4n) is 3.23. The van der Waals surface area contributed by atoms with Crippen LogP contribution in [-0.4, -0.2) is 23.3 Å². The molecule has 2 atom stereocenters. The highest BCUT2D eigenvalue weighted by Crippen LogP contribution is 2.36. The quantitative estimate of drug-likeness (QED) is 0.895. The van der Waals surface area contributed by atoms with E-state index in [1.807, 2.05) is 18.2 Å². The first kappa shape index (κ1) is 15.0. The van der Waals surface area contributed by atoms with Crippen LogP contribution in [0.1, 0.15) is 38.7 Å². The Morgan fingerprint density at radius 1 is 1.40 bits per heavy atom. The van der Waals surface area contributed by atoms with E-state index >= 15 is 0 Å². The van der Waals surface area contributed by atoms with Crippen LogP contribution in [0, 0.1) is 11.8 Å². The number of hydrogen-bond acceptors (Lipinski definition) is 2. The van der Waals surface area contributed by atoms with Crippen LogP contribution in [0.25, 0.3) is 0 Å². The highest BCUT2D eigenvalue weighted by molar-refractivity contribution is 5.67. The number of carboxylic acid groups (broad SMARTS) is 1. The molecule has 1 aliphatic heterocycles. The molecule has 2 unspecified atom stereocenters. The third-order valence-electron chi connectivity index (χ3n) is 4.18. The van der Waals surface area contributed by atoms with E-state index in [2.05, 4.69) is 26.0 Å². The van der Waals surface area contributed by atoms with Crippen molar-refractivity contribution in [2.75, 3.05) is 6.61 Å². The van der Waals surface area contributed by atoms with Crippen molar-refractivity contribution in [1.29, 1.82) is 0 Å². The van der Waals surface area contributed by atoms with E-state index in [9.17, 15) is 9.90 Å². The Kier molecular flexibility index (Phi) is 4.81. The van der Waals surface area contributed by atoms with Crippen molar-refractivity contribution in [3.05, 3.63) is 35.9 Å². The number of hydrogen-bond donors (Lipinski definition) is 1. The highest BCUT2D eigenvalue weighted by Gasteiger charge is 2.34. The molecule has 0 amide bonds. The summed E-state index contributed by atoms with van der Waals surface area (Å²) in [5.74, 6) is -0.0802. The topological polar surface area (TPSA) is 46.5 Å². The first-order valence-electron chi connectivity index (χ1n) is 7.36. The molecular formula is C17H24O3. The third-order valence-corrected chi connectivity index (χ3v) is 4.18. The van der Waals surface area contributed by atoms with Gasteiger partial charge in [0.2, 0.25) is 0 Å². The van der Waals surface area contributed by atoms with Crippen molar-refractivity contribution >= 4 is 5.97 Å². The van der Waals surface area contributed by atoms with Crippen molar-refractivity contribution in [3.63, 3.8) is 0 Å². The van der Waals surface area contributed by atoms with Crippen LogP contribution in [0.3, 0.4) is 0 Å². The molecule has 0 aliphatic carbocycles. The zero-order chi connectivity index (χ0) is 14.6. The minimum Gasteiger partial charge on any atom is -0.481 e. The van der Waals surface area contributed by atoms with Gasteiger partial charge in [0, 0.05) is 13.0 Å². The standard InChI is InChI=1S/C17H24O3/c1-17(2)12-14(8-9-20-17)15(11-16(18)19)10-13-6-4-3-5-7-13/h3-7,14-15H,8-12H2,1-2H3,(H,18,19). The van der Waals surface area contributed by atoms with Crippen LogP contribution >= 0.6 is 0 Å². The molecule has 0 saturated carbocycles. The van der Waals surface area contributed by atoms with Gasteiger partial charge in [0.25, 0.3) is 0 Å². The molecule has 0 aromatic heterocycles. The largest absolute Gasteiger partial charge is 0.481 e. The van der Waals surface area contributed by atoms with Crippen LogP contribution < -0.4 is 0 Å². The smallest absolute Gasteiger partial charge is 0.303 e. The molecule has 3 heteroatoms. The van der Waals surface area contributed by atoms with Gasteiger partial charge in [-0.05, 0) is 50.5 Å². The Balaban J connectivity index is 2.08. The number of aliphatic carboxylic acids is 1. The predicted molar refractivity (Wildman–Crippen MR) is 78.6 cm³/mol. The summed E-state index contributed by atoms with van der Waals surface area (Å²) in [6.07, 6.45) is 3.00. The maximum Gasteiger partial charge on any atom is 0.303 e. The van der Waals surface area contributed by atoms with Gasteiger partial charge in [-0.2, -0.15) is 0 Å². The van der Waals surface area contributed by atoms with Gasteiger partial charge in [0.1, 0.15) is 0 Å². The summed E-state index contributed by atoms with van der Waals surface area (Å²) in [5.41, 5.74) is 1.10. The molecule has 3 nitrogen and oxygen atoms in total. The second-order valence-corrected chi connectivity index (χ2v) is 6.41. The molecule has 110 valence electrons. The molecule has 1 fully saturated rings. The predicted octanol–water partition coefficient (Wildman–Crippen LogP) is 3.53. The Hall–Kier alpha value is -1.35. The summed E-state index contributed by atoms with van der Waals surface area (Å²) < 4.78 is 5.75. The Bertz CT molecular complexity index is 439. The van der Waals surface area contributed by atoms with Crippen molar-refractivity contribution in [3.8, 4) is 0 Å². The lowest BCUT2D eigenvalue weighted by atomic mass is 9.76. The summed E-state index contributed by atoms with van der Waals surface area (Å²) in [6.45, 7) is 4.93. The average Bonchev–Trinajstić information content (AvgIpc) is 2.37. The zero-order valence-corrected chi connectivity index (χ0v) is 12.3. The second-order valence-electron chi connectivity index (χ2n) is 6.41. The lowest BCUT2D eigenvalue weighted by Crippen LogP contribution is -2.37. The number of ether oxygens (including phenoxy) is 1. The molecular weight excluding hydrogens is 252 g/mol. The number of benzene rings is 1. The molecule has 20 heavy (non-hydrogen) atoms. The number of carboxylic acids is 1. The van der Waals surface area contributed by atoms with E-state index in [0.29, 0.717) is 5.92 Å². The first-order valence-corrected chi connectivity index (χ1v) is 7.36. The molecule has 2 rings (SSSR count). The van der Waals surface area contributed by atoms with Gasteiger partial charge in [0.15, 0.2) is 0 Å². The molecule has 1 aromatic carbocycles. The van der Waals surface area contributed by atoms with E-state index in [-0.39, 0.29) is 17.9 Å². The summed E-state index contributed by atoms with van der Waals surface area (Å²) in [6, 6.07) is 10.2. The van der Waals surface area contributed by atoms with E-state index in [4.69, 9.17) is 4.74 Å². The highest BCUT2D eigenvalue weighted by atomic mass is 16.5. The van der Waals surface area contributed by atoms with Gasteiger partial charge in [0.05, 0.1) is 5.60 Å². The molecule has 0 radical (unpaired) electrons. The minimum absolute atomic E-state index is 0.129. The fourth-order valence-corrected chi connectivity index (χ4v) is 3.23. The van der Waals surface area contributed by atoms with Crippen molar-refractivity contribution in [1.82, 2.24) is 0 Å². The summed E-state index contributed by atoms with van der Waals surface area (Å²) in [4.78, 5) is 11.2. The Morgan fingerprint density at radius 3 is 2.70 bits per heavy atom. The van der Waals surface area contributed by atoms with Gasteiger partial charge in [-0.25, -0.2) is 0 Å². The maximum absolute atomic E-state index is 11.2. The normalized spacial score (nSPS) is 23.2. The maximum atomic E-state index is 11.2. The minimum atomic E-state index is -0.699. The van der Waals surface area contributed by atoms with Crippen molar-refractivity contribution < 1.29 is 14.6 Å². The summed E-state index contributed by atoms with van der Waals surface area (Å²) in [5, 5.41) is 9.19. The van der Waals surface area contributed by atoms with Gasteiger partial charge in [-0.15, -0.1) is 0 Å². The van der Waals surface area contributed by atoms with Crippen molar-refractivity contribution in [2.45, 2.75) is 45.1 Å². The fraction of sp³-hybridized carbons (Fsp3) is 0.588. The lowest BCUT2D eigenvalue weighted by Gasteiger charge is -2.39. The molecule has 1 aromatic rings. The Morgan fingerprint density at radius 2 is 2.10 bits per heavy atom. The van der Waals surface area contributed by atoms with Crippen LogP contribution in [0.5, 0.6) is 0 Å². The van der Waals surface area contributed by atoms with E-state index in [0.717, 1.165) is 25.9 Å². The van der Waals surface area contributed by atoms with E-state index in [1.54, 1.807) is 0 Å². The number of rotatable bonds is 5. The van der Waals surface area contributed by atoms with Crippen LogP contribution in [0.2, 0.25) is 0 Å². The third kappa shape index (κ3) is 4.34. The first-order chi connectivity index (χ1) is 9.46. The molecule has 0 bridgehead atoms. The molecule has 1 N–H and O–H groups in total. The molecule has 1 saturated heterocycles. The van der Waals surface area contributed by atoms with Crippen LogP contribution in [0.15, 0.2) is 30.3 Å². The summed E-state index contributed by atoms with van der Waals surface area (Å²) in [7, 11) is 0. The monoisotopic (exact) mass is 276 g/mol. The van der Waals surface area contributed by atoms with Gasteiger partial charge < -0.3 is 9.84 Å². The van der Waals surface area contributed by atoms with Crippen LogP contribution in [0.4, 0.5) is 0 Å². The average molecular weight is 276 g/mol. The summed E-state index contributed by atoms with van der Waals surface area (Å²) >= 11 is 0. The molecule has 1 heterocycles. The van der Waals surface area contributed by atoms with E-state index < -0.39 is 5.97 Å². The SMILES string of the molecule is CC1(C)CC(C(CC(=O)O)Cc2ccccc2)CCO1. The van der Waals surface area contributed by atoms with Gasteiger partial charge in [-0.1, -0.05) is 30.3 Å². The van der Waals surface area contributed by atoms with Gasteiger partial charge >= 0.3 is 5.97 Å². The zero-order valence-electron chi connectivity index (χ0n) is 12.3. The lowest BCUT2D eigenvalue weighted by molar-refractivity contribution is -0.140. The molecule has 0 spiro atoms.